The first kappa shape index (κ1) is 28.1. The van der Waals surface area contributed by atoms with Crippen LogP contribution in [0.5, 0.6) is 0 Å². The number of nitrogens with zero attached hydrogens (tertiary/aromatic N) is 4. The molecule has 2 aromatic heterocycles. The molecule has 4 heterocycles. The topological polar surface area (TPSA) is 206 Å². The SMILES string of the molecule is NCCCOCc1cnccc1SC1=C(C(=O)O)N2C(=O)[C@@H](NC(=O)/C(=N\O)c3nc(N)sc3Cl)[C@@H]2SC1. The molecule has 2 aliphatic heterocycles. The minimum atomic E-state index is -1.27. The lowest BCUT2D eigenvalue weighted by molar-refractivity contribution is -0.150. The van der Waals surface area contributed by atoms with Crippen LogP contribution in [0.4, 0.5) is 5.13 Å². The van der Waals surface area contributed by atoms with Gasteiger partial charge in [-0.05, 0) is 19.0 Å². The van der Waals surface area contributed by atoms with Gasteiger partial charge < -0.3 is 31.8 Å². The Labute approximate surface area is 233 Å². The van der Waals surface area contributed by atoms with E-state index in [1.165, 1.54) is 23.5 Å². The summed E-state index contributed by atoms with van der Waals surface area (Å²) in [6.07, 6.45) is 3.95. The number of hydrogen-bond donors (Lipinski definition) is 5. The quantitative estimate of drug-likeness (QED) is 0.0814. The number of thiazole rings is 1. The minimum absolute atomic E-state index is 0.0390. The lowest BCUT2D eigenvalue weighted by Crippen LogP contribution is -2.71. The average Bonchev–Trinajstić information content (AvgIpc) is 3.23. The number of oxime groups is 1. The highest BCUT2D eigenvalue weighted by molar-refractivity contribution is 8.06. The van der Waals surface area contributed by atoms with Gasteiger partial charge in [0, 0.05) is 40.1 Å². The number of fused-ring (bicyclic) bond motifs is 1. The van der Waals surface area contributed by atoms with Crippen molar-refractivity contribution >= 4 is 75.1 Å². The molecule has 2 aromatic rings. The van der Waals surface area contributed by atoms with E-state index in [-0.39, 0.29) is 33.2 Å². The number of carbonyl (C=O) groups is 3. The van der Waals surface area contributed by atoms with Gasteiger partial charge in [0.15, 0.2) is 10.8 Å². The summed E-state index contributed by atoms with van der Waals surface area (Å²) >= 11 is 9.42. The summed E-state index contributed by atoms with van der Waals surface area (Å²) in [6.45, 7) is 1.27. The van der Waals surface area contributed by atoms with Gasteiger partial charge in [0.25, 0.3) is 11.8 Å². The molecule has 2 atom stereocenters. The highest BCUT2D eigenvalue weighted by Crippen LogP contribution is 2.45. The number of halogens is 1. The molecule has 2 aliphatic rings. The maximum Gasteiger partial charge on any atom is 0.353 e. The number of amides is 2. The molecular formula is C21H22ClN7O6S3. The van der Waals surface area contributed by atoms with E-state index in [0.29, 0.717) is 24.5 Å². The molecule has 0 spiro atoms. The van der Waals surface area contributed by atoms with Crippen molar-refractivity contribution in [2.75, 3.05) is 24.6 Å². The molecular weight excluding hydrogens is 578 g/mol. The van der Waals surface area contributed by atoms with Gasteiger partial charge >= 0.3 is 5.97 Å². The van der Waals surface area contributed by atoms with Crippen LogP contribution in [0.2, 0.25) is 4.34 Å². The first-order valence-corrected chi connectivity index (χ1v) is 14.1. The number of β-lactam (4-membered cyclic amide) rings is 1. The van der Waals surface area contributed by atoms with E-state index in [1.54, 1.807) is 18.5 Å². The van der Waals surface area contributed by atoms with Gasteiger partial charge in [0.1, 0.15) is 27.1 Å². The summed E-state index contributed by atoms with van der Waals surface area (Å²) in [6, 6.07) is 0.704. The van der Waals surface area contributed by atoms with Crippen molar-refractivity contribution in [2.24, 2.45) is 10.9 Å². The van der Waals surface area contributed by atoms with Crippen molar-refractivity contribution < 1.29 is 29.4 Å². The summed E-state index contributed by atoms with van der Waals surface area (Å²) in [7, 11) is 0. The Hall–Kier alpha value is -2.89. The molecule has 7 N–H and O–H groups in total. The van der Waals surface area contributed by atoms with Crippen molar-refractivity contribution in [3.63, 3.8) is 0 Å². The van der Waals surface area contributed by atoms with Crippen LogP contribution in [0.1, 0.15) is 17.7 Å². The van der Waals surface area contributed by atoms with Crippen molar-refractivity contribution in [1.29, 1.82) is 0 Å². The Bertz CT molecular complexity index is 1320. The molecule has 17 heteroatoms. The molecule has 0 saturated carbocycles. The second-order valence-electron chi connectivity index (χ2n) is 7.84. The number of anilines is 1. The fraction of sp³-hybridized carbons (Fsp3) is 0.333. The monoisotopic (exact) mass is 599 g/mol. The molecule has 202 valence electrons. The van der Waals surface area contributed by atoms with Crippen LogP contribution in [0, 0.1) is 0 Å². The number of carbonyl (C=O) groups excluding carboxylic acids is 2. The van der Waals surface area contributed by atoms with E-state index < -0.39 is 34.9 Å². The number of carboxylic acid groups (broad SMARTS) is 1. The zero-order chi connectivity index (χ0) is 27.4. The first-order valence-electron chi connectivity index (χ1n) is 11.0. The molecule has 0 bridgehead atoms. The van der Waals surface area contributed by atoms with Gasteiger partial charge in [-0.3, -0.25) is 19.5 Å². The standard InChI is InChI=1S/C21H22ClN7O6S3/c22-16-12(27-21(24)38-16)13(28-34)17(30)26-14-18(31)29-15(20(32)33)11(8-36-19(14)29)37-10-2-4-25-6-9(10)7-35-5-1-3-23/h2,4,6,14,19,34H,1,3,5,7-8,23H2,(H2,24,27)(H,26,30)(H,32,33)/b28-13-/t14-,19+/m1/s1. The Morgan fingerprint density at radius 2 is 2.21 bits per heavy atom. The van der Waals surface area contributed by atoms with Crippen LogP contribution in [0.25, 0.3) is 0 Å². The van der Waals surface area contributed by atoms with Gasteiger partial charge in [-0.2, -0.15) is 0 Å². The summed E-state index contributed by atoms with van der Waals surface area (Å²) in [5.41, 5.74) is 11.1. The maximum atomic E-state index is 13.0. The first-order chi connectivity index (χ1) is 18.3. The van der Waals surface area contributed by atoms with Gasteiger partial charge in [-0.15, -0.1) is 11.8 Å². The molecule has 1 saturated heterocycles. The number of nitrogens with two attached hydrogens (primary N) is 2. The number of pyridine rings is 1. The number of carboxylic acids is 1. The van der Waals surface area contributed by atoms with E-state index in [1.807, 2.05) is 0 Å². The number of nitrogen functional groups attached to an aromatic ring is 1. The Morgan fingerprint density at radius 1 is 1.42 bits per heavy atom. The average molecular weight is 600 g/mol. The number of hydrogen-bond acceptors (Lipinski definition) is 13. The van der Waals surface area contributed by atoms with Gasteiger partial charge in [0.05, 0.1) is 6.61 Å². The third-order valence-electron chi connectivity index (χ3n) is 5.41. The molecule has 0 unspecified atom stereocenters. The molecule has 0 aliphatic carbocycles. The van der Waals surface area contributed by atoms with Crippen LogP contribution in [0.3, 0.4) is 0 Å². The Morgan fingerprint density at radius 3 is 2.87 bits per heavy atom. The van der Waals surface area contributed by atoms with Crippen molar-refractivity contribution in [3.05, 3.63) is 44.7 Å². The Kier molecular flexibility index (Phi) is 9.11. The summed E-state index contributed by atoms with van der Waals surface area (Å²) in [5, 5.41) is 24.2. The normalized spacial score (nSPS) is 19.3. The van der Waals surface area contributed by atoms with E-state index in [4.69, 9.17) is 27.8 Å². The van der Waals surface area contributed by atoms with Crippen molar-refractivity contribution in [3.8, 4) is 0 Å². The number of aromatic nitrogens is 2. The zero-order valence-corrected chi connectivity index (χ0v) is 22.7. The second kappa shape index (κ2) is 12.3. The molecule has 2 amide bonds. The van der Waals surface area contributed by atoms with E-state index in [9.17, 15) is 24.7 Å². The third kappa shape index (κ3) is 5.74. The predicted octanol–water partition coefficient (Wildman–Crippen LogP) is 1.31. The highest BCUT2D eigenvalue weighted by Gasteiger charge is 2.54. The molecule has 1 fully saturated rings. The summed E-state index contributed by atoms with van der Waals surface area (Å²) < 4.78 is 5.67. The summed E-state index contributed by atoms with van der Waals surface area (Å²) in [5.74, 6) is -2.52. The van der Waals surface area contributed by atoms with E-state index >= 15 is 0 Å². The van der Waals surface area contributed by atoms with Crippen LogP contribution in [-0.2, 0) is 25.7 Å². The van der Waals surface area contributed by atoms with Gasteiger partial charge in [-0.25, -0.2) is 9.78 Å². The third-order valence-corrected chi connectivity index (χ3v) is 9.15. The lowest BCUT2D eigenvalue weighted by atomic mass is 10.0. The highest BCUT2D eigenvalue weighted by atomic mass is 35.5. The van der Waals surface area contributed by atoms with Crippen molar-refractivity contribution in [1.82, 2.24) is 20.2 Å². The van der Waals surface area contributed by atoms with Crippen LogP contribution in [0.15, 0.2) is 39.1 Å². The number of rotatable bonds is 11. The lowest BCUT2D eigenvalue weighted by Gasteiger charge is -2.49. The van der Waals surface area contributed by atoms with Gasteiger partial charge in [0.2, 0.25) is 0 Å². The largest absolute Gasteiger partial charge is 0.477 e. The number of nitrogens with one attached hydrogen (secondary N) is 1. The van der Waals surface area contributed by atoms with E-state index in [0.717, 1.165) is 26.7 Å². The zero-order valence-electron chi connectivity index (χ0n) is 19.5. The maximum absolute atomic E-state index is 13.0. The molecule has 4 rings (SSSR count). The van der Waals surface area contributed by atoms with Crippen LogP contribution >= 0.6 is 46.5 Å². The fourth-order valence-electron chi connectivity index (χ4n) is 3.66. The number of ether oxygens (including phenoxy) is 1. The fourth-order valence-corrected chi connectivity index (χ4v) is 7.15. The van der Waals surface area contributed by atoms with E-state index in [2.05, 4.69) is 20.4 Å². The minimum Gasteiger partial charge on any atom is -0.477 e. The molecule has 38 heavy (non-hydrogen) atoms. The molecule has 13 nitrogen and oxygen atoms in total. The second-order valence-corrected chi connectivity index (χ2v) is 11.7. The number of thioether (sulfide) groups is 2. The number of aliphatic carboxylic acids is 1. The van der Waals surface area contributed by atoms with Crippen LogP contribution in [-0.4, -0.2) is 79.0 Å². The van der Waals surface area contributed by atoms with Crippen molar-refractivity contribution in [2.45, 2.75) is 29.3 Å². The molecule has 0 radical (unpaired) electrons. The predicted molar refractivity (Wildman–Crippen MR) is 143 cm³/mol. The summed E-state index contributed by atoms with van der Waals surface area (Å²) in [4.78, 5) is 48.4. The smallest absolute Gasteiger partial charge is 0.353 e. The van der Waals surface area contributed by atoms with Gasteiger partial charge in [-0.1, -0.05) is 39.9 Å². The van der Waals surface area contributed by atoms with Crippen LogP contribution < -0.4 is 16.8 Å². The Balaban J connectivity index is 1.50. The molecule has 0 aromatic carbocycles.